The van der Waals surface area contributed by atoms with Crippen molar-refractivity contribution in [3.63, 3.8) is 0 Å². The normalized spacial score (nSPS) is 12.2. The number of ether oxygens (including phenoxy) is 1. The lowest BCUT2D eigenvalue weighted by atomic mass is 10.1. The maximum absolute atomic E-state index is 5.25. The van der Waals surface area contributed by atoms with Crippen LogP contribution in [0.2, 0.25) is 0 Å². The van der Waals surface area contributed by atoms with Crippen LogP contribution in [0, 0.1) is 0 Å². The molecule has 19 heavy (non-hydrogen) atoms. The Morgan fingerprint density at radius 3 is 2.05 bits per heavy atom. The maximum atomic E-state index is 5.25. The molecule has 0 unspecified atom stereocenters. The van der Waals surface area contributed by atoms with Crippen LogP contribution in [0.5, 0.6) is 0 Å². The van der Waals surface area contributed by atoms with E-state index in [1.54, 1.807) is 0 Å². The molecule has 0 aromatic heterocycles. The lowest BCUT2D eigenvalue weighted by molar-refractivity contribution is 0.353. The van der Waals surface area contributed by atoms with Gasteiger partial charge in [0.1, 0.15) is 6.61 Å². The van der Waals surface area contributed by atoms with Crippen molar-refractivity contribution in [1.82, 2.24) is 0 Å². The van der Waals surface area contributed by atoms with Gasteiger partial charge in [0, 0.05) is 1.43 Å². The van der Waals surface area contributed by atoms with Crippen molar-refractivity contribution in [2.24, 2.45) is 5.73 Å². The Kier molecular flexibility index (Phi) is 10.2. The van der Waals surface area contributed by atoms with Crippen LogP contribution in [-0.4, -0.2) is 11.8 Å². The SMILES string of the molecule is CC(C)=CCC/C(C)=C/CC/C(C)=C/COC(N)=S.[HH]. The Hall–Kier alpha value is -1.09. The summed E-state index contributed by atoms with van der Waals surface area (Å²) in [6.07, 6.45) is 11.1. The average molecular weight is 283 g/mol. The second-order valence-electron chi connectivity index (χ2n) is 5.09. The summed E-state index contributed by atoms with van der Waals surface area (Å²) in [6, 6.07) is 0. The predicted molar refractivity (Wildman–Crippen MR) is 90.3 cm³/mol. The van der Waals surface area contributed by atoms with Gasteiger partial charge in [0.05, 0.1) is 0 Å². The van der Waals surface area contributed by atoms with Crippen LogP contribution in [0.15, 0.2) is 34.9 Å². The molecule has 0 radical (unpaired) electrons. The molecule has 0 aliphatic carbocycles. The summed E-state index contributed by atoms with van der Waals surface area (Å²) in [6.45, 7) is 9.07. The molecule has 0 spiro atoms. The highest BCUT2D eigenvalue weighted by atomic mass is 32.1. The molecule has 0 saturated carbocycles. The van der Waals surface area contributed by atoms with Crippen LogP contribution in [0.25, 0.3) is 0 Å². The smallest absolute Gasteiger partial charge is 0.254 e. The number of rotatable bonds is 8. The van der Waals surface area contributed by atoms with Crippen LogP contribution in [0.4, 0.5) is 0 Å². The van der Waals surface area contributed by atoms with Gasteiger partial charge in [0.2, 0.25) is 0 Å². The highest BCUT2D eigenvalue weighted by Gasteiger charge is 1.92. The Morgan fingerprint density at radius 1 is 1.00 bits per heavy atom. The largest absolute Gasteiger partial charge is 0.467 e. The predicted octanol–water partition coefficient (Wildman–Crippen LogP) is 4.91. The van der Waals surface area contributed by atoms with Crippen LogP contribution < -0.4 is 5.73 Å². The summed E-state index contributed by atoms with van der Waals surface area (Å²) in [5, 5.41) is 0.110. The number of nitrogens with two attached hydrogens (primary N) is 1. The fraction of sp³-hybridized carbons (Fsp3) is 0.562. The molecule has 0 atom stereocenters. The number of allylic oxidation sites excluding steroid dienone is 5. The molecule has 110 valence electrons. The summed E-state index contributed by atoms with van der Waals surface area (Å²) in [5.41, 5.74) is 9.42. The van der Waals surface area contributed by atoms with Crippen molar-refractivity contribution in [2.45, 2.75) is 53.4 Å². The van der Waals surface area contributed by atoms with Gasteiger partial charge in [-0.3, -0.25) is 0 Å². The molecular weight excluding hydrogens is 254 g/mol. The van der Waals surface area contributed by atoms with E-state index < -0.39 is 0 Å². The zero-order valence-corrected chi connectivity index (χ0v) is 13.5. The van der Waals surface area contributed by atoms with Gasteiger partial charge in [0.25, 0.3) is 5.17 Å². The molecule has 0 rings (SSSR count). The second kappa shape index (κ2) is 10.8. The third-order valence-corrected chi connectivity index (χ3v) is 2.90. The lowest BCUT2D eigenvalue weighted by Gasteiger charge is -2.02. The molecule has 0 aromatic carbocycles. The molecule has 0 heterocycles. The summed E-state index contributed by atoms with van der Waals surface area (Å²) in [4.78, 5) is 0. The molecule has 2 N–H and O–H groups in total. The Labute approximate surface area is 124 Å². The van der Waals surface area contributed by atoms with Crippen molar-refractivity contribution < 1.29 is 6.16 Å². The number of hydrogen-bond acceptors (Lipinski definition) is 2. The molecule has 0 bridgehead atoms. The Bertz CT molecular complexity index is 369. The van der Waals surface area contributed by atoms with E-state index in [-0.39, 0.29) is 6.60 Å². The van der Waals surface area contributed by atoms with Gasteiger partial charge < -0.3 is 10.5 Å². The third-order valence-electron chi connectivity index (χ3n) is 2.78. The highest BCUT2D eigenvalue weighted by molar-refractivity contribution is 7.80. The van der Waals surface area contributed by atoms with Crippen LogP contribution in [0.1, 0.15) is 54.8 Å². The van der Waals surface area contributed by atoms with Gasteiger partial charge in [-0.2, -0.15) is 0 Å². The van der Waals surface area contributed by atoms with Crippen molar-refractivity contribution in [3.05, 3.63) is 34.9 Å². The molecule has 0 aromatic rings. The molecule has 0 fully saturated rings. The monoisotopic (exact) mass is 283 g/mol. The summed E-state index contributed by atoms with van der Waals surface area (Å²) in [7, 11) is 0. The zero-order chi connectivity index (χ0) is 14.7. The standard InChI is InChI=1S/C16H27NOS.H2/c1-13(2)7-5-8-14(3)9-6-10-15(4)11-12-18-16(17)19;/h7,9,11H,5-6,8,10,12H2,1-4H3,(H2,17,19);1H/b14-9+,15-11+;. The first kappa shape index (κ1) is 17.9. The summed E-state index contributed by atoms with van der Waals surface area (Å²) < 4.78 is 5.03. The van der Waals surface area contributed by atoms with E-state index in [1.165, 1.54) is 16.7 Å². The molecule has 0 aliphatic rings. The fourth-order valence-electron chi connectivity index (χ4n) is 1.60. The van der Waals surface area contributed by atoms with Crippen molar-refractivity contribution in [3.8, 4) is 0 Å². The van der Waals surface area contributed by atoms with E-state index in [2.05, 4.69) is 52.1 Å². The van der Waals surface area contributed by atoms with Crippen LogP contribution >= 0.6 is 12.2 Å². The van der Waals surface area contributed by atoms with Crippen molar-refractivity contribution in [2.75, 3.05) is 6.61 Å². The summed E-state index contributed by atoms with van der Waals surface area (Å²) in [5.74, 6) is 0. The molecule has 0 saturated heterocycles. The first-order chi connectivity index (χ1) is 8.91. The van der Waals surface area contributed by atoms with Crippen LogP contribution in [0.3, 0.4) is 0 Å². The van der Waals surface area contributed by atoms with Crippen molar-refractivity contribution in [1.29, 1.82) is 0 Å². The third kappa shape index (κ3) is 13.1. The van der Waals surface area contributed by atoms with Gasteiger partial charge >= 0.3 is 0 Å². The number of thiocarbonyl (C=S) groups is 1. The van der Waals surface area contributed by atoms with Gasteiger partial charge in [-0.1, -0.05) is 28.9 Å². The average Bonchev–Trinajstić information content (AvgIpc) is 2.27. The second-order valence-corrected chi connectivity index (χ2v) is 5.49. The quantitative estimate of drug-likeness (QED) is 0.507. The Morgan fingerprint density at radius 2 is 1.53 bits per heavy atom. The van der Waals surface area contributed by atoms with Gasteiger partial charge in [-0.05, 0) is 71.7 Å². The zero-order valence-electron chi connectivity index (χ0n) is 12.7. The van der Waals surface area contributed by atoms with E-state index in [0.717, 1.165) is 25.7 Å². The van der Waals surface area contributed by atoms with E-state index >= 15 is 0 Å². The number of hydrogen-bond donors (Lipinski definition) is 1. The van der Waals surface area contributed by atoms with E-state index in [1.807, 2.05) is 6.08 Å². The molecule has 3 heteroatoms. The van der Waals surface area contributed by atoms with Crippen molar-refractivity contribution >= 4 is 17.4 Å². The molecule has 2 nitrogen and oxygen atoms in total. The van der Waals surface area contributed by atoms with E-state index in [9.17, 15) is 0 Å². The fourth-order valence-corrected chi connectivity index (χ4v) is 1.67. The summed E-state index contributed by atoms with van der Waals surface area (Å²) >= 11 is 4.64. The molecule has 0 amide bonds. The highest BCUT2D eigenvalue weighted by Crippen LogP contribution is 2.11. The molecular formula is C16H29NOS. The topological polar surface area (TPSA) is 35.2 Å². The Balaban J connectivity index is 0. The van der Waals surface area contributed by atoms with E-state index in [0.29, 0.717) is 6.61 Å². The molecule has 0 aliphatic heterocycles. The van der Waals surface area contributed by atoms with Gasteiger partial charge in [0.15, 0.2) is 0 Å². The first-order valence-corrected chi connectivity index (χ1v) is 7.19. The van der Waals surface area contributed by atoms with E-state index in [4.69, 9.17) is 10.5 Å². The first-order valence-electron chi connectivity index (χ1n) is 6.78. The van der Waals surface area contributed by atoms with Gasteiger partial charge in [-0.25, -0.2) is 0 Å². The maximum Gasteiger partial charge on any atom is 0.254 e. The minimum atomic E-state index is 0. The lowest BCUT2D eigenvalue weighted by Crippen LogP contribution is -2.12. The minimum absolute atomic E-state index is 0. The minimum Gasteiger partial charge on any atom is -0.467 e. The van der Waals surface area contributed by atoms with Gasteiger partial charge in [-0.15, -0.1) is 0 Å². The van der Waals surface area contributed by atoms with Crippen LogP contribution in [-0.2, 0) is 4.74 Å².